The Labute approximate surface area is 269 Å². The van der Waals surface area contributed by atoms with Gasteiger partial charge >= 0.3 is 0 Å². The summed E-state index contributed by atoms with van der Waals surface area (Å²) < 4.78 is 10.6. The van der Waals surface area contributed by atoms with Gasteiger partial charge in [-0.3, -0.25) is 29.0 Å². The van der Waals surface area contributed by atoms with Crippen LogP contribution in [0.4, 0.5) is 0 Å². The van der Waals surface area contributed by atoms with E-state index in [1.54, 1.807) is 48.6 Å². The number of amides is 4. The van der Waals surface area contributed by atoms with Gasteiger partial charge in [-0.25, -0.2) is 0 Å². The van der Waals surface area contributed by atoms with Crippen LogP contribution >= 0.6 is 23.2 Å². The molecule has 2 aliphatic carbocycles. The van der Waals surface area contributed by atoms with Crippen LogP contribution in [0, 0.1) is 23.7 Å². The predicted molar refractivity (Wildman–Crippen MR) is 165 cm³/mol. The topological polar surface area (TPSA) is 134 Å². The quantitative estimate of drug-likeness (QED) is 0.261. The fourth-order valence-corrected chi connectivity index (χ4v) is 8.37. The molecule has 4 amide bonds. The lowest BCUT2D eigenvalue weighted by atomic mass is 9.57. The van der Waals surface area contributed by atoms with Gasteiger partial charge in [0.2, 0.25) is 17.6 Å². The van der Waals surface area contributed by atoms with Gasteiger partial charge in [0.05, 0.1) is 26.1 Å². The maximum Gasteiger partial charge on any atom is 0.253 e. The summed E-state index contributed by atoms with van der Waals surface area (Å²) in [5.74, 6) is -4.59. The number of carbonyl (C=O) groups is 4. The SMILES string of the molecule is COc1cc(C=CC2C3=CCC4C(=O)N(CCc5ccc(O)cc5)C(=O)C4C3CC3(Cl)C(=O)N(C)C(=O)C23Cl)cc(OC)c1O. The molecule has 2 N–H and O–H groups in total. The second kappa shape index (κ2) is 11.1. The molecule has 3 fully saturated rings. The molecule has 4 aliphatic rings. The van der Waals surface area contributed by atoms with E-state index in [0.717, 1.165) is 10.5 Å². The van der Waals surface area contributed by atoms with E-state index in [1.165, 1.54) is 26.2 Å². The van der Waals surface area contributed by atoms with Crippen molar-refractivity contribution in [1.82, 2.24) is 9.80 Å². The third-order valence-electron chi connectivity index (χ3n) is 9.71. The highest BCUT2D eigenvalue weighted by Crippen LogP contribution is 2.63. The van der Waals surface area contributed by atoms with Crippen LogP contribution in [0.25, 0.3) is 6.08 Å². The highest BCUT2D eigenvalue weighted by molar-refractivity contribution is 6.53. The van der Waals surface area contributed by atoms with Gasteiger partial charge in [-0.1, -0.05) is 35.9 Å². The number of aromatic hydroxyl groups is 2. The van der Waals surface area contributed by atoms with Gasteiger partial charge in [-0.05, 0) is 60.6 Å². The maximum absolute atomic E-state index is 14.0. The largest absolute Gasteiger partial charge is 0.508 e. The zero-order valence-corrected chi connectivity index (χ0v) is 26.3. The van der Waals surface area contributed by atoms with E-state index < -0.39 is 45.2 Å². The first-order valence-electron chi connectivity index (χ1n) is 14.5. The number of carbonyl (C=O) groups excluding carboxylic acids is 4. The molecular formula is C33H32Cl2N2O8. The van der Waals surface area contributed by atoms with Crippen LogP contribution in [0.15, 0.2) is 54.1 Å². The number of benzene rings is 2. The summed E-state index contributed by atoms with van der Waals surface area (Å²) in [4.78, 5) is 53.2. The average molecular weight is 656 g/mol. The van der Waals surface area contributed by atoms with Crippen LogP contribution in [-0.2, 0) is 25.6 Å². The van der Waals surface area contributed by atoms with Crippen molar-refractivity contribution >= 4 is 52.9 Å². The zero-order valence-electron chi connectivity index (χ0n) is 24.8. The summed E-state index contributed by atoms with van der Waals surface area (Å²) in [5.41, 5.74) is 2.09. The minimum Gasteiger partial charge on any atom is -0.508 e. The van der Waals surface area contributed by atoms with Crippen molar-refractivity contribution in [2.75, 3.05) is 27.8 Å². The fourth-order valence-electron chi connectivity index (χ4n) is 7.40. The van der Waals surface area contributed by atoms with Gasteiger partial charge in [-0.15, -0.1) is 23.2 Å². The molecule has 2 aromatic carbocycles. The van der Waals surface area contributed by atoms with Crippen LogP contribution in [0.3, 0.4) is 0 Å². The minimum absolute atomic E-state index is 0.0873. The van der Waals surface area contributed by atoms with E-state index in [0.29, 0.717) is 17.6 Å². The van der Waals surface area contributed by atoms with Crippen LogP contribution in [0.2, 0.25) is 0 Å². The predicted octanol–water partition coefficient (Wildman–Crippen LogP) is 3.89. The van der Waals surface area contributed by atoms with Gasteiger partial charge in [0.1, 0.15) is 5.75 Å². The Morgan fingerprint density at radius 3 is 2.22 bits per heavy atom. The first kappa shape index (κ1) is 31.0. The van der Waals surface area contributed by atoms with Gasteiger partial charge in [0, 0.05) is 19.5 Å². The monoisotopic (exact) mass is 654 g/mol. The molecule has 0 radical (unpaired) electrons. The van der Waals surface area contributed by atoms with Crippen molar-refractivity contribution in [1.29, 1.82) is 0 Å². The number of ether oxygens (including phenoxy) is 2. The number of hydrogen-bond donors (Lipinski definition) is 2. The van der Waals surface area contributed by atoms with E-state index in [-0.39, 0.29) is 54.2 Å². The number of methoxy groups -OCH3 is 2. The van der Waals surface area contributed by atoms with Gasteiger partial charge in [0.15, 0.2) is 21.2 Å². The Morgan fingerprint density at radius 2 is 1.60 bits per heavy atom. The number of imide groups is 2. The van der Waals surface area contributed by atoms with E-state index in [4.69, 9.17) is 32.7 Å². The Hall–Kier alpha value is -4.02. The van der Waals surface area contributed by atoms with E-state index in [2.05, 4.69) is 0 Å². The number of fused-ring (bicyclic) bond motifs is 4. The third kappa shape index (κ3) is 4.52. The number of nitrogens with zero attached hydrogens (tertiary/aromatic N) is 2. The number of likely N-dealkylation sites (tertiary alicyclic amines) is 2. The Bertz CT molecular complexity index is 1650. The second-order valence-corrected chi connectivity index (χ2v) is 13.2. The first-order chi connectivity index (χ1) is 21.4. The second-order valence-electron chi connectivity index (χ2n) is 11.9. The number of rotatable bonds is 7. The van der Waals surface area contributed by atoms with E-state index in [1.807, 2.05) is 6.08 Å². The summed E-state index contributed by atoms with van der Waals surface area (Å²) in [6.07, 6.45) is 5.81. The molecule has 1 saturated carbocycles. The lowest BCUT2D eigenvalue weighted by molar-refractivity contribution is -0.141. The van der Waals surface area contributed by atoms with Crippen molar-refractivity contribution in [2.45, 2.75) is 29.0 Å². The Morgan fingerprint density at radius 1 is 0.956 bits per heavy atom. The molecule has 2 aromatic rings. The summed E-state index contributed by atoms with van der Waals surface area (Å²) in [5, 5.41) is 20.0. The molecule has 6 atom stereocenters. The smallest absolute Gasteiger partial charge is 0.253 e. The average Bonchev–Trinajstić information content (AvgIpc) is 3.35. The van der Waals surface area contributed by atoms with Crippen LogP contribution in [0.5, 0.6) is 23.0 Å². The van der Waals surface area contributed by atoms with E-state index in [9.17, 15) is 29.4 Å². The van der Waals surface area contributed by atoms with Gasteiger partial charge < -0.3 is 19.7 Å². The number of phenols is 2. The molecule has 0 spiro atoms. The summed E-state index contributed by atoms with van der Waals surface area (Å²) in [6.45, 7) is 0.164. The standard InChI is InChI=1S/C33H32Cl2N2O8/c1-36-30(42)32(34)16-22-20(9-10-21-26(22)29(41)37(28(21)40)13-12-17-4-7-19(38)8-5-17)23(33(32,35)31(36)43)11-6-18-14-24(44-2)27(39)25(15-18)45-3/h4-9,11,14-15,21-23,26,38-39H,10,12-13,16H2,1-3H3. The molecular weight excluding hydrogens is 623 g/mol. The number of allylic oxidation sites excluding steroid dienone is 3. The molecule has 10 nitrogen and oxygen atoms in total. The molecule has 12 heteroatoms. The normalized spacial score (nSPS) is 30.8. The molecule has 2 aliphatic heterocycles. The highest BCUT2D eigenvalue weighted by Gasteiger charge is 2.75. The van der Waals surface area contributed by atoms with Crippen molar-refractivity contribution < 1.29 is 38.9 Å². The fraction of sp³-hybridized carbons (Fsp3) is 0.394. The van der Waals surface area contributed by atoms with Crippen molar-refractivity contribution in [3.63, 3.8) is 0 Å². The Balaban J connectivity index is 1.38. The van der Waals surface area contributed by atoms with Gasteiger partial charge in [-0.2, -0.15) is 0 Å². The lowest BCUT2D eigenvalue weighted by Crippen LogP contribution is -2.60. The molecule has 2 heterocycles. The highest BCUT2D eigenvalue weighted by atomic mass is 35.5. The Kier molecular flexibility index (Phi) is 7.64. The molecule has 0 bridgehead atoms. The summed E-state index contributed by atoms with van der Waals surface area (Å²) in [7, 11) is 4.14. The van der Waals surface area contributed by atoms with Crippen LogP contribution < -0.4 is 9.47 Å². The molecule has 6 unspecified atom stereocenters. The van der Waals surface area contributed by atoms with Gasteiger partial charge in [0.25, 0.3) is 11.8 Å². The first-order valence-corrected chi connectivity index (χ1v) is 15.3. The van der Waals surface area contributed by atoms with Crippen molar-refractivity contribution in [3.8, 4) is 23.0 Å². The van der Waals surface area contributed by atoms with Crippen LogP contribution in [-0.4, -0.2) is 81.2 Å². The molecule has 236 valence electrons. The van der Waals surface area contributed by atoms with Crippen molar-refractivity contribution in [3.05, 3.63) is 65.3 Å². The summed E-state index contributed by atoms with van der Waals surface area (Å²) in [6, 6.07) is 9.73. The lowest BCUT2D eigenvalue weighted by Gasteiger charge is -2.49. The van der Waals surface area contributed by atoms with Crippen LogP contribution in [0.1, 0.15) is 24.0 Å². The maximum atomic E-state index is 14.0. The number of alkyl halides is 2. The summed E-state index contributed by atoms with van der Waals surface area (Å²) >= 11 is 14.3. The molecule has 0 aromatic heterocycles. The number of hydrogen-bond acceptors (Lipinski definition) is 8. The molecule has 6 rings (SSSR count). The molecule has 45 heavy (non-hydrogen) atoms. The zero-order chi connectivity index (χ0) is 32.4. The third-order valence-corrected chi connectivity index (χ3v) is 11.1. The number of halogens is 2. The number of phenolic OH excluding ortho intramolecular Hbond substituents is 2. The molecule has 2 saturated heterocycles. The van der Waals surface area contributed by atoms with E-state index >= 15 is 0 Å². The van der Waals surface area contributed by atoms with Crippen molar-refractivity contribution in [2.24, 2.45) is 23.7 Å². The minimum atomic E-state index is -1.89.